The Morgan fingerprint density at radius 2 is 1.48 bits per heavy atom. The number of rotatable bonds is 4. The van der Waals surface area contributed by atoms with Gasteiger partial charge in [-0.3, -0.25) is 0 Å². The topological polar surface area (TPSA) is 9.23 Å². The fourth-order valence-electron chi connectivity index (χ4n) is 7.87. The van der Waals surface area contributed by atoms with Gasteiger partial charge in [0.05, 0.1) is 12.2 Å². The molecule has 6 rings (SSSR count). The lowest BCUT2D eigenvalue weighted by Gasteiger charge is -2.57. The Balaban J connectivity index is 1.32. The predicted molar refractivity (Wildman–Crippen MR) is 85.0 cm³/mol. The van der Waals surface area contributed by atoms with Gasteiger partial charge >= 0.3 is 0 Å². The van der Waals surface area contributed by atoms with Gasteiger partial charge in [0.25, 0.3) is 0 Å². The molecule has 6 saturated carbocycles. The molecular weight excluding hydrogens is 256 g/mol. The predicted octanol–water partition coefficient (Wildman–Crippen LogP) is 5.19. The molecule has 3 unspecified atom stereocenters. The monoisotopic (exact) mass is 288 g/mol. The van der Waals surface area contributed by atoms with Crippen molar-refractivity contribution in [2.75, 3.05) is 6.61 Å². The number of ether oxygens (including phenoxy) is 1. The van der Waals surface area contributed by atoms with Crippen LogP contribution >= 0.6 is 0 Å². The Labute approximate surface area is 130 Å². The lowest BCUT2D eigenvalue weighted by molar-refractivity contribution is -0.159. The van der Waals surface area contributed by atoms with Gasteiger partial charge in [0.1, 0.15) is 0 Å². The van der Waals surface area contributed by atoms with E-state index in [1.807, 2.05) is 0 Å². The highest BCUT2D eigenvalue weighted by Gasteiger charge is 2.54. The van der Waals surface area contributed by atoms with Crippen LogP contribution in [0.25, 0.3) is 0 Å². The highest BCUT2D eigenvalue weighted by Crippen LogP contribution is 2.61. The van der Waals surface area contributed by atoms with Gasteiger partial charge in [-0.1, -0.05) is 6.92 Å². The van der Waals surface area contributed by atoms with Gasteiger partial charge in [0, 0.05) is 0 Å². The van der Waals surface area contributed by atoms with Gasteiger partial charge in [0.2, 0.25) is 0 Å². The smallest absolute Gasteiger partial charge is 0.0711 e. The summed E-state index contributed by atoms with van der Waals surface area (Å²) in [6.45, 7) is 3.51. The second-order valence-corrected chi connectivity index (χ2v) is 9.70. The zero-order valence-electron chi connectivity index (χ0n) is 13.8. The first kappa shape index (κ1) is 13.4. The molecule has 0 aliphatic heterocycles. The molecule has 6 fully saturated rings. The second-order valence-electron chi connectivity index (χ2n) is 9.70. The Kier molecular flexibility index (Phi) is 2.87. The summed E-state index contributed by atoms with van der Waals surface area (Å²) in [6, 6.07) is 0. The molecule has 0 aromatic heterocycles. The first-order valence-electron chi connectivity index (χ1n) is 9.83. The standard InChI is InChI=1S/C20H32O/c1-2-20(12-14-3-4-18(20)8-14)21-13-19-9-15-5-16(10-19)7-17(6-15)11-19/h14-18H,2-13H2,1H3. The molecule has 6 aliphatic rings. The molecule has 3 atom stereocenters. The van der Waals surface area contributed by atoms with Gasteiger partial charge in [-0.2, -0.15) is 0 Å². The molecule has 0 N–H and O–H groups in total. The van der Waals surface area contributed by atoms with Crippen LogP contribution in [0.3, 0.4) is 0 Å². The third-order valence-corrected chi connectivity index (χ3v) is 8.35. The lowest BCUT2D eigenvalue weighted by atomic mass is 9.50. The van der Waals surface area contributed by atoms with Crippen molar-refractivity contribution in [1.29, 1.82) is 0 Å². The van der Waals surface area contributed by atoms with Crippen LogP contribution in [0, 0.1) is 35.0 Å². The van der Waals surface area contributed by atoms with Crippen molar-refractivity contribution < 1.29 is 4.74 Å². The van der Waals surface area contributed by atoms with Crippen molar-refractivity contribution in [3.05, 3.63) is 0 Å². The molecule has 0 amide bonds. The van der Waals surface area contributed by atoms with Crippen molar-refractivity contribution in [1.82, 2.24) is 0 Å². The van der Waals surface area contributed by atoms with Crippen LogP contribution in [0.1, 0.15) is 77.6 Å². The van der Waals surface area contributed by atoms with E-state index in [-0.39, 0.29) is 0 Å². The molecule has 118 valence electrons. The van der Waals surface area contributed by atoms with Crippen LogP contribution in [-0.2, 0) is 4.74 Å². The average molecular weight is 288 g/mol. The van der Waals surface area contributed by atoms with E-state index >= 15 is 0 Å². The van der Waals surface area contributed by atoms with E-state index in [0.717, 1.165) is 36.2 Å². The lowest BCUT2D eigenvalue weighted by Crippen LogP contribution is -2.50. The van der Waals surface area contributed by atoms with E-state index in [4.69, 9.17) is 4.74 Å². The molecule has 0 saturated heterocycles. The maximum Gasteiger partial charge on any atom is 0.0711 e. The molecule has 0 aromatic rings. The van der Waals surface area contributed by atoms with Crippen LogP contribution < -0.4 is 0 Å². The van der Waals surface area contributed by atoms with Crippen molar-refractivity contribution >= 4 is 0 Å². The fourth-order valence-corrected chi connectivity index (χ4v) is 7.87. The van der Waals surface area contributed by atoms with Crippen LogP contribution in [0.15, 0.2) is 0 Å². The van der Waals surface area contributed by atoms with Crippen LogP contribution in [-0.4, -0.2) is 12.2 Å². The SMILES string of the molecule is CCC1(OCC23CC4CC(CC(C4)C2)C3)CC2CCC1C2. The second kappa shape index (κ2) is 4.49. The largest absolute Gasteiger partial charge is 0.374 e. The summed E-state index contributed by atoms with van der Waals surface area (Å²) in [5.74, 6) is 5.11. The summed E-state index contributed by atoms with van der Waals surface area (Å²) < 4.78 is 6.86. The molecular formula is C20H32O. The van der Waals surface area contributed by atoms with E-state index < -0.39 is 0 Å². The summed E-state index contributed by atoms with van der Waals surface area (Å²) in [7, 11) is 0. The van der Waals surface area contributed by atoms with E-state index in [1.165, 1.54) is 51.4 Å². The quantitative estimate of drug-likeness (QED) is 0.692. The van der Waals surface area contributed by atoms with Gasteiger partial charge in [-0.05, 0) is 106 Å². The average Bonchev–Trinajstić information content (AvgIpc) is 3.05. The zero-order valence-corrected chi connectivity index (χ0v) is 13.8. The summed E-state index contributed by atoms with van der Waals surface area (Å²) in [5, 5.41) is 0. The highest BCUT2D eigenvalue weighted by molar-refractivity contribution is 5.05. The summed E-state index contributed by atoms with van der Waals surface area (Å²) in [5.41, 5.74) is 0.908. The number of fused-ring (bicyclic) bond motifs is 2. The molecule has 0 heterocycles. The minimum atomic E-state index is 0.298. The molecule has 6 aliphatic carbocycles. The molecule has 1 heteroatoms. The minimum Gasteiger partial charge on any atom is -0.374 e. The van der Waals surface area contributed by atoms with E-state index in [1.54, 1.807) is 19.3 Å². The summed E-state index contributed by atoms with van der Waals surface area (Å²) >= 11 is 0. The third kappa shape index (κ3) is 1.98. The van der Waals surface area contributed by atoms with E-state index in [2.05, 4.69) is 6.92 Å². The van der Waals surface area contributed by atoms with E-state index in [0.29, 0.717) is 11.0 Å². The van der Waals surface area contributed by atoms with Gasteiger partial charge in [-0.15, -0.1) is 0 Å². The Morgan fingerprint density at radius 1 is 0.810 bits per heavy atom. The van der Waals surface area contributed by atoms with Crippen molar-refractivity contribution in [2.45, 2.75) is 83.2 Å². The summed E-state index contributed by atoms with van der Waals surface area (Å²) in [4.78, 5) is 0. The summed E-state index contributed by atoms with van der Waals surface area (Å²) in [6.07, 6.45) is 16.3. The first-order valence-corrected chi connectivity index (χ1v) is 9.83. The Hall–Kier alpha value is -0.0400. The van der Waals surface area contributed by atoms with Crippen molar-refractivity contribution in [3.8, 4) is 0 Å². The van der Waals surface area contributed by atoms with Crippen LogP contribution in [0.5, 0.6) is 0 Å². The maximum atomic E-state index is 6.86. The zero-order chi connectivity index (χ0) is 14.1. The van der Waals surface area contributed by atoms with Gasteiger partial charge < -0.3 is 4.74 Å². The Morgan fingerprint density at radius 3 is 1.95 bits per heavy atom. The molecule has 6 bridgehead atoms. The minimum absolute atomic E-state index is 0.298. The van der Waals surface area contributed by atoms with Gasteiger partial charge in [0.15, 0.2) is 0 Å². The number of hydrogen-bond donors (Lipinski definition) is 0. The van der Waals surface area contributed by atoms with Crippen molar-refractivity contribution in [3.63, 3.8) is 0 Å². The number of hydrogen-bond acceptors (Lipinski definition) is 1. The molecule has 21 heavy (non-hydrogen) atoms. The molecule has 0 aromatic carbocycles. The molecule has 0 radical (unpaired) electrons. The van der Waals surface area contributed by atoms with E-state index in [9.17, 15) is 0 Å². The third-order valence-electron chi connectivity index (χ3n) is 8.35. The van der Waals surface area contributed by atoms with Gasteiger partial charge in [-0.25, -0.2) is 0 Å². The first-order chi connectivity index (χ1) is 10.2. The fraction of sp³-hybridized carbons (Fsp3) is 1.00. The maximum absolute atomic E-state index is 6.86. The van der Waals surface area contributed by atoms with Crippen LogP contribution in [0.2, 0.25) is 0 Å². The molecule has 0 spiro atoms. The highest BCUT2D eigenvalue weighted by atomic mass is 16.5. The Bertz CT molecular complexity index is 392. The van der Waals surface area contributed by atoms with Crippen molar-refractivity contribution in [2.24, 2.45) is 35.0 Å². The normalized spacial score (nSPS) is 57.3. The van der Waals surface area contributed by atoms with Crippen LogP contribution in [0.4, 0.5) is 0 Å². The molecule has 1 nitrogen and oxygen atoms in total.